The molecule has 2 aliphatic rings. The summed E-state index contributed by atoms with van der Waals surface area (Å²) in [6, 6.07) is 8.51. The molecule has 2 heterocycles. The molecule has 30 heavy (non-hydrogen) atoms. The predicted octanol–water partition coefficient (Wildman–Crippen LogP) is 2.63. The molecule has 2 fully saturated rings. The van der Waals surface area contributed by atoms with E-state index < -0.39 is 0 Å². The number of amides is 1. The summed E-state index contributed by atoms with van der Waals surface area (Å²) in [6.45, 7) is 10.6. The van der Waals surface area contributed by atoms with E-state index in [4.69, 9.17) is 14.5 Å². The van der Waals surface area contributed by atoms with E-state index in [0.717, 1.165) is 64.7 Å². The Balaban J connectivity index is 0.00000320. The number of carbonyl (C=O) groups excluding carboxylic acids is 1. The van der Waals surface area contributed by atoms with Gasteiger partial charge in [0.15, 0.2) is 5.96 Å². The SMILES string of the molecule is CCNC(=NCc1ccc(COC2CCOCC2)cc1)N1CCN(C(C)=O)CC1.I. The maximum absolute atomic E-state index is 11.5. The highest BCUT2D eigenvalue weighted by Gasteiger charge is 2.20. The van der Waals surface area contributed by atoms with Gasteiger partial charge in [-0.1, -0.05) is 24.3 Å². The van der Waals surface area contributed by atoms with E-state index in [0.29, 0.717) is 19.3 Å². The molecule has 0 radical (unpaired) electrons. The first kappa shape index (κ1) is 24.9. The summed E-state index contributed by atoms with van der Waals surface area (Å²) >= 11 is 0. The van der Waals surface area contributed by atoms with Gasteiger partial charge in [-0.3, -0.25) is 4.79 Å². The summed E-state index contributed by atoms with van der Waals surface area (Å²) in [5.74, 6) is 1.06. The highest BCUT2D eigenvalue weighted by molar-refractivity contribution is 14.0. The van der Waals surface area contributed by atoms with Gasteiger partial charge in [-0.15, -0.1) is 24.0 Å². The van der Waals surface area contributed by atoms with Gasteiger partial charge in [0.1, 0.15) is 0 Å². The number of hydrogen-bond donors (Lipinski definition) is 1. The number of guanidine groups is 1. The van der Waals surface area contributed by atoms with Gasteiger partial charge in [-0.05, 0) is 30.9 Å². The number of aliphatic imine (C=N–C) groups is 1. The largest absolute Gasteiger partial charge is 0.381 e. The Labute approximate surface area is 197 Å². The molecule has 1 aromatic carbocycles. The van der Waals surface area contributed by atoms with Gasteiger partial charge in [0.2, 0.25) is 5.91 Å². The lowest BCUT2D eigenvalue weighted by Crippen LogP contribution is -2.53. The molecule has 3 rings (SSSR count). The molecule has 0 spiro atoms. The quantitative estimate of drug-likeness (QED) is 0.348. The van der Waals surface area contributed by atoms with Crippen molar-refractivity contribution in [2.45, 2.75) is 45.9 Å². The maximum atomic E-state index is 11.5. The Hall–Kier alpha value is -1.39. The molecule has 0 aliphatic carbocycles. The van der Waals surface area contributed by atoms with Crippen molar-refractivity contribution >= 4 is 35.8 Å². The van der Waals surface area contributed by atoms with Crippen LogP contribution in [0.1, 0.15) is 37.8 Å². The molecule has 0 unspecified atom stereocenters. The lowest BCUT2D eigenvalue weighted by molar-refractivity contribution is -0.130. The Morgan fingerprint density at radius 1 is 1.10 bits per heavy atom. The van der Waals surface area contributed by atoms with Crippen LogP contribution in [0.2, 0.25) is 0 Å². The number of nitrogens with one attached hydrogen (secondary N) is 1. The molecule has 168 valence electrons. The number of hydrogen-bond acceptors (Lipinski definition) is 4. The van der Waals surface area contributed by atoms with Crippen LogP contribution in [0.3, 0.4) is 0 Å². The number of halogens is 1. The summed E-state index contributed by atoms with van der Waals surface area (Å²) in [7, 11) is 0. The highest BCUT2D eigenvalue weighted by atomic mass is 127. The third kappa shape index (κ3) is 7.70. The predicted molar refractivity (Wildman–Crippen MR) is 129 cm³/mol. The number of nitrogens with zero attached hydrogens (tertiary/aromatic N) is 3. The molecule has 1 N–H and O–H groups in total. The monoisotopic (exact) mass is 530 g/mol. The van der Waals surface area contributed by atoms with E-state index in [2.05, 4.69) is 41.4 Å². The van der Waals surface area contributed by atoms with Gasteiger partial charge in [0.25, 0.3) is 0 Å². The maximum Gasteiger partial charge on any atom is 0.219 e. The van der Waals surface area contributed by atoms with Gasteiger partial charge < -0.3 is 24.6 Å². The molecule has 1 aromatic rings. The fraction of sp³-hybridized carbons (Fsp3) is 0.636. The third-order valence-corrected chi connectivity index (χ3v) is 5.45. The number of piperazine rings is 1. The van der Waals surface area contributed by atoms with E-state index in [1.54, 1.807) is 6.92 Å². The van der Waals surface area contributed by atoms with Crippen LogP contribution in [-0.2, 0) is 27.4 Å². The summed E-state index contributed by atoms with van der Waals surface area (Å²) in [5.41, 5.74) is 2.37. The molecule has 2 saturated heterocycles. The van der Waals surface area contributed by atoms with Crippen molar-refractivity contribution in [2.24, 2.45) is 4.99 Å². The van der Waals surface area contributed by atoms with Crippen LogP contribution in [0.15, 0.2) is 29.3 Å². The summed E-state index contributed by atoms with van der Waals surface area (Å²) in [5, 5.41) is 3.38. The van der Waals surface area contributed by atoms with Gasteiger partial charge in [0, 0.05) is 52.9 Å². The fourth-order valence-corrected chi connectivity index (χ4v) is 3.62. The number of ether oxygens (including phenoxy) is 2. The normalized spacial score (nSPS) is 18.1. The van der Waals surface area contributed by atoms with Crippen molar-refractivity contribution in [3.8, 4) is 0 Å². The average Bonchev–Trinajstić information content (AvgIpc) is 2.77. The van der Waals surface area contributed by atoms with Crippen molar-refractivity contribution in [3.63, 3.8) is 0 Å². The number of carbonyl (C=O) groups is 1. The molecule has 1 amide bonds. The lowest BCUT2D eigenvalue weighted by atomic mass is 10.1. The topological polar surface area (TPSA) is 66.4 Å². The first-order chi connectivity index (χ1) is 14.2. The van der Waals surface area contributed by atoms with Crippen molar-refractivity contribution in [3.05, 3.63) is 35.4 Å². The highest BCUT2D eigenvalue weighted by Crippen LogP contribution is 2.14. The van der Waals surface area contributed by atoms with Crippen LogP contribution in [0, 0.1) is 0 Å². The van der Waals surface area contributed by atoms with Crippen molar-refractivity contribution in [2.75, 3.05) is 45.9 Å². The number of benzene rings is 1. The Morgan fingerprint density at radius 2 is 1.70 bits per heavy atom. The molecule has 0 atom stereocenters. The third-order valence-electron chi connectivity index (χ3n) is 5.45. The molecule has 7 nitrogen and oxygen atoms in total. The minimum atomic E-state index is 0. The summed E-state index contributed by atoms with van der Waals surface area (Å²) in [6.07, 6.45) is 2.29. The molecule has 2 aliphatic heterocycles. The second-order valence-corrected chi connectivity index (χ2v) is 7.60. The average molecular weight is 530 g/mol. The van der Waals surface area contributed by atoms with Gasteiger partial charge >= 0.3 is 0 Å². The number of rotatable bonds is 6. The van der Waals surface area contributed by atoms with E-state index in [-0.39, 0.29) is 29.9 Å². The fourth-order valence-electron chi connectivity index (χ4n) is 3.62. The van der Waals surface area contributed by atoms with Crippen molar-refractivity contribution in [1.82, 2.24) is 15.1 Å². The second kappa shape index (κ2) is 13.1. The van der Waals surface area contributed by atoms with Crippen LogP contribution >= 0.6 is 24.0 Å². The molecule has 0 aromatic heterocycles. The zero-order valence-corrected chi connectivity index (χ0v) is 20.5. The van der Waals surface area contributed by atoms with E-state index in [1.807, 2.05) is 4.90 Å². The minimum Gasteiger partial charge on any atom is -0.381 e. The van der Waals surface area contributed by atoms with Gasteiger partial charge in [0.05, 0.1) is 19.3 Å². The van der Waals surface area contributed by atoms with Crippen molar-refractivity contribution in [1.29, 1.82) is 0 Å². The summed E-state index contributed by atoms with van der Waals surface area (Å²) in [4.78, 5) is 20.5. The molecule has 0 bridgehead atoms. The first-order valence-corrected chi connectivity index (χ1v) is 10.7. The van der Waals surface area contributed by atoms with Gasteiger partial charge in [-0.25, -0.2) is 4.99 Å². The Morgan fingerprint density at radius 3 is 2.30 bits per heavy atom. The minimum absolute atomic E-state index is 0. The zero-order chi connectivity index (χ0) is 20.5. The van der Waals surface area contributed by atoms with Crippen LogP contribution in [0.5, 0.6) is 0 Å². The van der Waals surface area contributed by atoms with Gasteiger partial charge in [-0.2, -0.15) is 0 Å². The smallest absolute Gasteiger partial charge is 0.219 e. The molecule has 8 heteroatoms. The second-order valence-electron chi connectivity index (χ2n) is 7.60. The summed E-state index contributed by atoms with van der Waals surface area (Å²) < 4.78 is 11.4. The first-order valence-electron chi connectivity index (χ1n) is 10.7. The van der Waals surface area contributed by atoms with E-state index in [9.17, 15) is 4.79 Å². The van der Waals surface area contributed by atoms with Crippen LogP contribution in [-0.4, -0.2) is 73.7 Å². The standard InChI is InChI=1S/C22H34N4O3.HI/c1-3-23-22(26-12-10-25(11-13-26)18(2)27)24-16-19-4-6-20(7-5-19)17-29-21-8-14-28-15-9-21;/h4-7,21H,3,8-17H2,1-2H3,(H,23,24);1H. The van der Waals surface area contributed by atoms with E-state index >= 15 is 0 Å². The van der Waals surface area contributed by atoms with Crippen molar-refractivity contribution < 1.29 is 14.3 Å². The zero-order valence-electron chi connectivity index (χ0n) is 18.1. The van der Waals surface area contributed by atoms with Crippen LogP contribution in [0.25, 0.3) is 0 Å². The molecule has 0 saturated carbocycles. The van der Waals surface area contributed by atoms with Crippen LogP contribution in [0.4, 0.5) is 0 Å². The van der Waals surface area contributed by atoms with E-state index in [1.165, 1.54) is 11.1 Å². The van der Waals surface area contributed by atoms with Crippen LogP contribution < -0.4 is 5.32 Å². The lowest BCUT2D eigenvalue weighted by Gasteiger charge is -2.36. The Bertz CT molecular complexity index is 669. The Kier molecular flexibility index (Phi) is 10.9. The molecular weight excluding hydrogens is 495 g/mol. The molecular formula is C22H35IN4O3.